The minimum Gasteiger partial charge on any atom is -0.481 e. The van der Waals surface area contributed by atoms with Gasteiger partial charge in [0.15, 0.2) is 0 Å². The molecule has 8 heteroatoms. The Morgan fingerprint density at radius 3 is 2.48 bits per heavy atom. The van der Waals surface area contributed by atoms with E-state index in [2.05, 4.69) is 9.71 Å². The first-order valence-electron chi connectivity index (χ1n) is 7.86. The lowest BCUT2D eigenvalue weighted by molar-refractivity contribution is 0.0277. The molecule has 7 nitrogen and oxygen atoms in total. The second-order valence-electron chi connectivity index (χ2n) is 5.70. The number of nitrogens with one attached hydrogen (secondary N) is 1. The fourth-order valence-electron chi connectivity index (χ4n) is 2.83. The molecular weight excluding hydrogens is 318 g/mol. The van der Waals surface area contributed by atoms with Crippen molar-refractivity contribution < 1.29 is 18.3 Å². The van der Waals surface area contributed by atoms with Gasteiger partial charge in [-0.3, -0.25) is 0 Å². The fraction of sp³-hybridized carbons (Fsp3) is 0.667. The normalized spacial score (nSPS) is 22.7. The van der Waals surface area contributed by atoms with Crippen molar-refractivity contribution >= 4 is 10.2 Å². The van der Waals surface area contributed by atoms with Gasteiger partial charge in [-0.15, -0.1) is 0 Å². The van der Waals surface area contributed by atoms with Gasteiger partial charge in [-0.05, 0) is 24.3 Å². The zero-order valence-corrected chi connectivity index (χ0v) is 14.6. The summed E-state index contributed by atoms with van der Waals surface area (Å²) < 4.78 is 34.3. The summed E-state index contributed by atoms with van der Waals surface area (Å²) >= 11 is 0. The second-order valence-corrected chi connectivity index (χ2v) is 7.41. The highest BCUT2D eigenvalue weighted by molar-refractivity contribution is 7.87. The van der Waals surface area contributed by atoms with E-state index in [-0.39, 0.29) is 12.0 Å². The van der Waals surface area contributed by atoms with Gasteiger partial charge < -0.3 is 9.84 Å². The van der Waals surface area contributed by atoms with Crippen LogP contribution in [0.25, 0.3) is 0 Å². The van der Waals surface area contributed by atoms with E-state index in [1.54, 1.807) is 26.1 Å². The molecular formula is C15H25N3O4S. The Kier molecular flexibility index (Phi) is 5.96. The minimum atomic E-state index is -3.58. The molecule has 0 saturated heterocycles. The third-order valence-electron chi connectivity index (χ3n) is 4.27. The Morgan fingerprint density at radius 2 is 2.04 bits per heavy atom. The first-order valence-corrected chi connectivity index (χ1v) is 9.30. The van der Waals surface area contributed by atoms with Crippen LogP contribution in [0.15, 0.2) is 18.3 Å². The van der Waals surface area contributed by atoms with Crippen molar-refractivity contribution in [2.75, 3.05) is 20.2 Å². The second kappa shape index (κ2) is 7.57. The van der Waals surface area contributed by atoms with Crippen LogP contribution in [0.1, 0.15) is 38.3 Å². The highest BCUT2D eigenvalue weighted by Gasteiger charge is 2.38. The van der Waals surface area contributed by atoms with Gasteiger partial charge in [-0.25, -0.2) is 4.98 Å². The topological polar surface area (TPSA) is 91.8 Å². The van der Waals surface area contributed by atoms with E-state index in [0.29, 0.717) is 31.8 Å². The summed E-state index contributed by atoms with van der Waals surface area (Å²) in [6.45, 7) is 4.43. The highest BCUT2D eigenvalue weighted by Crippen LogP contribution is 2.38. The molecule has 1 fully saturated rings. The number of rotatable bonds is 8. The number of aliphatic hydroxyl groups excluding tert-OH is 1. The molecule has 1 aromatic heterocycles. The van der Waals surface area contributed by atoms with E-state index in [9.17, 15) is 13.5 Å². The molecule has 130 valence electrons. The maximum Gasteiger partial charge on any atom is 0.279 e. The van der Waals surface area contributed by atoms with Crippen LogP contribution >= 0.6 is 0 Å². The van der Waals surface area contributed by atoms with E-state index in [1.165, 1.54) is 11.4 Å². The summed E-state index contributed by atoms with van der Waals surface area (Å²) in [5.41, 5.74) is 0.776. The molecule has 0 radical (unpaired) electrons. The van der Waals surface area contributed by atoms with Crippen molar-refractivity contribution in [2.45, 2.75) is 38.8 Å². The van der Waals surface area contributed by atoms with Crippen LogP contribution in [0.5, 0.6) is 5.88 Å². The number of nitrogens with zero attached hydrogens (tertiary/aromatic N) is 2. The molecule has 2 N–H and O–H groups in total. The number of methoxy groups -OCH3 is 1. The first-order chi connectivity index (χ1) is 10.9. The Hall–Kier alpha value is -1.22. The standard InChI is InChI=1S/C15H25N3O4S/c1-4-18(5-2)23(20,21)17-15(12-8-13(19)9-12)11-6-7-14(22-3)16-10-11/h6-7,10,12-13,15,17,19H,4-5,8-9H2,1-3H3/t12?,13?,15-/m1/s1. The average molecular weight is 343 g/mol. The summed E-state index contributed by atoms with van der Waals surface area (Å²) in [6, 6.07) is 3.12. The van der Waals surface area contributed by atoms with Gasteiger partial charge in [0.05, 0.1) is 19.3 Å². The van der Waals surface area contributed by atoms with E-state index in [0.717, 1.165) is 5.56 Å². The SMILES string of the molecule is CCN(CC)S(=O)(=O)N[C@H](c1ccc(OC)nc1)C1CC(O)C1. The smallest absolute Gasteiger partial charge is 0.279 e. The monoisotopic (exact) mass is 343 g/mol. The molecule has 0 amide bonds. The van der Waals surface area contributed by atoms with E-state index in [1.807, 2.05) is 6.07 Å². The number of hydrogen-bond donors (Lipinski definition) is 2. The van der Waals surface area contributed by atoms with Crippen molar-refractivity contribution in [3.63, 3.8) is 0 Å². The molecule has 0 aliphatic heterocycles. The number of aliphatic hydroxyl groups is 1. The zero-order valence-electron chi connectivity index (χ0n) is 13.8. The lowest BCUT2D eigenvalue weighted by Crippen LogP contribution is -2.47. The van der Waals surface area contributed by atoms with Gasteiger partial charge >= 0.3 is 0 Å². The van der Waals surface area contributed by atoms with Gasteiger partial charge in [0.25, 0.3) is 10.2 Å². The lowest BCUT2D eigenvalue weighted by atomic mass is 9.76. The number of hydrogen-bond acceptors (Lipinski definition) is 5. The van der Waals surface area contributed by atoms with Crippen LogP contribution in [-0.2, 0) is 10.2 Å². The van der Waals surface area contributed by atoms with Gasteiger partial charge in [0.1, 0.15) is 0 Å². The molecule has 2 rings (SSSR count). The van der Waals surface area contributed by atoms with Crippen molar-refractivity contribution in [2.24, 2.45) is 5.92 Å². The van der Waals surface area contributed by atoms with Gasteiger partial charge in [0, 0.05) is 25.4 Å². The van der Waals surface area contributed by atoms with Crippen LogP contribution in [0, 0.1) is 5.92 Å². The molecule has 1 saturated carbocycles. The van der Waals surface area contributed by atoms with Gasteiger partial charge in [0.2, 0.25) is 5.88 Å². The minimum absolute atomic E-state index is 0.0607. The zero-order chi connectivity index (χ0) is 17.0. The van der Waals surface area contributed by atoms with Crippen LogP contribution < -0.4 is 9.46 Å². The Bertz CT molecular complexity index is 596. The molecule has 0 bridgehead atoms. The molecule has 1 aliphatic carbocycles. The van der Waals surface area contributed by atoms with Crippen molar-refractivity contribution in [3.05, 3.63) is 23.9 Å². The van der Waals surface area contributed by atoms with E-state index >= 15 is 0 Å². The lowest BCUT2D eigenvalue weighted by Gasteiger charge is -2.38. The summed E-state index contributed by atoms with van der Waals surface area (Å²) in [4.78, 5) is 4.16. The molecule has 0 unspecified atom stereocenters. The summed E-state index contributed by atoms with van der Waals surface area (Å²) in [5.74, 6) is 0.540. The van der Waals surface area contributed by atoms with E-state index in [4.69, 9.17) is 4.74 Å². The maximum atomic E-state index is 12.5. The Labute approximate surface area is 137 Å². The van der Waals surface area contributed by atoms with Crippen LogP contribution in [0.3, 0.4) is 0 Å². The predicted molar refractivity (Wildman–Crippen MR) is 87.2 cm³/mol. The van der Waals surface area contributed by atoms with Crippen LogP contribution in [-0.4, -0.2) is 49.1 Å². The fourth-order valence-corrected chi connectivity index (χ4v) is 4.31. The Balaban J connectivity index is 2.24. The summed E-state index contributed by atoms with van der Waals surface area (Å²) in [7, 11) is -2.05. The molecule has 1 aliphatic rings. The molecule has 0 spiro atoms. The van der Waals surface area contributed by atoms with Gasteiger partial charge in [-0.2, -0.15) is 17.4 Å². The van der Waals surface area contributed by atoms with Crippen molar-refractivity contribution in [1.82, 2.24) is 14.0 Å². The molecule has 23 heavy (non-hydrogen) atoms. The summed E-state index contributed by atoms with van der Waals surface area (Å²) in [5, 5.41) is 9.57. The molecule has 1 atom stereocenters. The number of aromatic nitrogens is 1. The van der Waals surface area contributed by atoms with Crippen molar-refractivity contribution in [1.29, 1.82) is 0 Å². The van der Waals surface area contributed by atoms with Crippen molar-refractivity contribution in [3.8, 4) is 5.88 Å². The van der Waals surface area contributed by atoms with E-state index < -0.39 is 16.3 Å². The predicted octanol–water partition coefficient (Wildman–Crippen LogP) is 1.08. The number of pyridine rings is 1. The highest BCUT2D eigenvalue weighted by atomic mass is 32.2. The quantitative estimate of drug-likeness (QED) is 0.737. The Morgan fingerprint density at radius 1 is 1.39 bits per heavy atom. The number of ether oxygens (including phenoxy) is 1. The first kappa shape index (κ1) is 18.1. The van der Waals surface area contributed by atoms with Gasteiger partial charge in [-0.1, -0.05) is 19.9 Å². The van der Waals surface area contributed by atoms with Crippen LogP contribution in [0.2, 0.25) is 0 Å². The molecule has 1 heterocycles. The molecule has 1 aromatic rings. The van der Waals surface area contributed by atoms with Crippen LogP contribution in [0.4, 0.5) is 0 Å². The maximum absolute atomic E-state index is 12.5. The largest absolute Gasteiger partial charge is 0.481 e. The average Bonchev–Trinajstić information content (AvgIpc) is 2.51. The molecule has 0 aromatic carbocycles. The third kappa shape index (κ3) is 4.20. The third-order valence-corrected chi connectivity index (χ3v) is 6.02. The summed E-state index contributed by atoms with van der Waals surface area (Å²) in [6.07, 6.45) is 2.43.